The highest BCUT2D eigenvalue weighted by atomic mass is 15.3. The van der Waals surface area contributed by atoms with E-state index in [2.05, 4.69) is 43.1 Å². The first-order valence-corrected chi connectivity index (χ1v) is 8.28. The predicted octanol–water partition coefficient (Wildman–Crippen LogP) is 1.67. The standard InChI is InChI=1S/C17H24N6/c1-2-19-17-20-8-5-16(21-17)23-12-10-22(11-13-23)9-6-15-4-3-7-18-14-15/h3-5,7-8,14H,2,6,9-13H2,1H3,(H,19,20,21). The predicted molar refractivity (Wildman–Crippen MR) is 92.8 cm³/mol. The molecule has 0 atom stereocenters. The molecule has 3 heterocycles. The molecule has 1 fully saturated rings. The zero-order valence-corrected chi connectivity index (χ0v) is 13.6. The van der Waals surface area contributed by atoms with Crippen LogP contribution in [0.25, 0.3) is 0 Å². The zero-order chi connectivity index (χ0) is 15.9. The van der Waals surface area contributed by atoms with Gasteiger partial charge in [0.05, 0.1) is 0 Å². The number of nitrogens with one attached hydrogen (secondary N) is 1. The van der Waals surface area contributed by atoms with Crippen LogP contribution in [0.3, 0.4) is 0 Å². The number of anilines is 2. The Labute approximate surface area is 137 Å². The van der Waals surface area contributed by atoms with Gasteiger partial charge < -0.3 is 10.2 Å². The highest BCUT2D eigenvalue weighted by molar-refractivity contribution is 5.42. The number of piperazine rings is 1. The van der Waals surface area contributed by atoms with E-state index in [0.29, 0.717) is 5.95 Å². The molecule has 1 N–H and O–H groups in total. The number of rotatable bonds is 6. The smallest absolute Gasteiger partial charge is 0.224 e. The fourth-order valence-corrected chi connectivity index (χ4v) is 2.80. The van der Waals surface area contributed by atoms with Gasteiger partial charge in [-0.2, -0.15) is 4.98 Å². The van der Waals surface area contributed by atoms with Crippen LogP contribution in [0.4, 0.5) is 11.8 Å². The largest absolute Gasteiger partial charge is 0.354 e. The molecule has 3 rings (SSSR count). The summed E-state index contributed by atoms with van der Waals surface area (Å²) in [6.45, 7) is 8.14. The van der Waals surface area contributed by atoms with Crippen molar-refractivity contribution < 1.29 is 0 Å². The molecule has 23 heavy (non-hydrogen) atoms. The first-order valence-electron chi connectivity index (χ1n) is 8.28. The second-order valence-corrected chi connectivity index (χ2v) is 5.71. The lowest BCUT2D eigenvalue weighted by molar-refractivity contribution is 0.260. The monoisotopic (exact) mass is 312 g/mol. The molecule has 122 valence electrons. The molecule has 0 amide bonds. The lowest BCUT2D eigenvalue weighted by Crippen LogP contribution is -2.47. The molecule has 0 spiro atoms. The first-order chi connectivity index (χ1) is 11.3. The summed E-state index contributed by atoms with van der Waals surface area (Å²) in [7, 11) is 0. The van der Waals surface area contributed by atoms with Crippen LogP contribution in [0, 0.1) is 0 Å². The quantitative estimate of drug-likeness (QED) is 0.875. The molecule has 0 bridgehead atoms. The lowest BCUT2D eigenvalue weighted by Gasteiger charge is -2.35. The number of hydrogen-bond donors (Lipinski definition) is 1. The van der Waals surface area contributed by atoms with Crippen LogP contribution in [0.15, 0.2) is 36.8 Å². The van der Waals surface area contributed by atoms with Crippen molar-refractivity contribution in [2.24, 2.45) is 0 Å². The van der Waals surface area contributed by atoms with Gasteiger partial charge in [-0.3, -0.25) is 9.88 Å². The SMILES string of the molecule is CCNc1nccc(N2CCN(CCc3cccnc3)CC2)n1. The minimum atomic E-state index is 0.712. The lowest BCUT2D eigenvalue weighted by atomic mass is 10.2. The molecule has 1 aliphatic rings. The van der Waals surface area contributed by atoms with E-state index in [9.17, 15) is 0 Å². The van der Waals surface area contributed by atoms with Crippen molar-refractivity contribution >= 4 is 11.8 Å². The summed E-state index contributed by atoms with van der Waals surface area (Å²) in [5.74, 6) is 1.73. The van der Waals surface area contributed by atoms with Crippen molar-refractivity contribution in [1.82, 2.24) is 19.9 Å². The topological polar surface area (TPSA) is 57.2 Å². The molecular formula is C17H24N6. The van der Waals surface area contributed by atoms with Crippen LogP contribution < -0.4 is 10.2 Å². The summed E-state index contributed by atoms with van der Waals surface area (Å²) in [5.41, 5.74) is 1.31. The summed E-state index contributed by atoms with van der Waals surface area (Å²) >= 11 is 0. The maximum atomic E-state index is 4.58. The highest BCUT2D eigenvalue weighted by Gasteiger charge is 2.18. The minimum Gasteiger partial charge on any atom is -0.354 e. The molecule has 1 saturated heterocycles. The normalized spacial score (nSPS) is 15.6. The molecule has 0 radical (unpaired) electrons. The van der Waals surface area contributed by atoms with E-state index in [1.165, 1.54) is 5.56 Å². The Hall–Kier alpha value is -2.21. The number of aromatic nitrogens is 3. The molecule has 2 aromatic heterocycles. The summed E-state index contributed by atoms with van der Waals surface area (Å²) < 4.78 is 0. The summed E-state index contributed by atoms with van der Waals surface area (Å²) in [6.07, 6.45) is 6.67. The van der Waals surface area contributed by atoms with Crippen LogP contribution in [-0.2, 0) is 6.42 Å². The van der Waals surface area contributed by atoms with Crippen molar-refractivity contribution in [3.63, 3.8) is 0 Å². The van der Waals surface area contributed by atoms with E-state index in [1.807, 2.05) is 30.7 Å². The van der Waals surface area contributed by atoms with Gasteiger partial charge in [-0.25, -0.2) is 4.98 Å². The van der Waals surface area contributed by atoms with Crippen LogP contribution >= 0.6 is 0 Å². The zero-order valence-electron chi connectivity index (χ0n) is 13.6. The average molecular weight is 312 g/mol. The molecule has 6 heteroatoms. The number of pyridine rings is 1. The molecule has 0 aromatic carbocycles. The van der Waals surface area contributed by atoms with Crippen molar-refractivity contribution in [3.05, 3.63) is 42.4 Å². The molecule has 0 saturated carbocycles. The maximum absolute atomic E-state index is 4.58. The van der Waals surface area contributed by atoms with Gasteiger partial charge in [0, 0.05) is 57.9 Å². The van der Waals surface area contributed by atoms with Gasteiger partial charge in [0.1, 0.15) is 5.82 Å². The summed E-state index contributed by atoms with van der Waals surface area (Å²) in [5, 5.41) is 3.17. The molecule has 6 nitrogen and oxygen atoms in total. The van der Waals surface area contributed by atoms with Gasteiger partial charge in [0.15, 0.2) is 0 Å². The molecule has 1 aliphatic heterocycles. The van der Waals surface area contributed by atoms with E-state index >= 15 is 0 Å². The summed E-state index contributed by atoms with van der Waals surface area (Å²) in [6, 6.07) is 6.14. The Morgan fingerprint density at radius 2 is 2.00 bits per heavy atom. The average Bonchev–Trinajstić information content (AvgIpc) is 2.62. The third kappa shape index (κ3) is 4.39. The maximum Gasteiger partial charge on any atom is 0.224 e. The van der Waals surface area contributed by atoms with Crippen LogP contribution in [0.1, 0.15) is 12.5 Å². The Bertz CT molecular complexity index is 595. The van der Waals surface area contributed by atoms with Crippen molar-refractivity contribution in [2.45, 2.75) is 13.3 Å². The van der Waals surface area contributed by atoms with E-state index in [0.717, 1.165) is 51.5 Å². The molecule has 0 aliphatic carbocycles. The Morgan fingerprint density at radius 3 is 2.74 bits per heavy atom. The van der Waals surface area contributed by atoms with E-state index < -0.39 is 0 Å². The Balaban J connectivity index is 1.49. The number of nitrogens with zero attached hydrogens (tertiary/aromatic N) is 5. The van der Waals surface area contributed by atoms with Crippen molar-refractivity contribution in [1.29, 1.82) is 0 Å². The van der Waals surface area contributed by atoms with Gasteiger partial charge in [0.2, 0.25) is 5.95 Å². The fraction of sp³-hybridized carbons (Fsp3) is 0.471. The van der Waals surface area contributed by atoms with E-state index in [1.54, 1.807) is 0 Å². The fourth-order valence-electron chi connectivity index (χ4n) is 2.80. The van der Waals surface area contributed by atoms with Gasteiger partial charge in [0.25, 0.3) is 0 Å². The van der Waals surface area contributed by atoms with Crippen molar-refractivity contribution in [2.75, 3.05) is 49.5 Å². The minimum absolute atomic E-state index is 0.712. The second-order valence-electron chi connectivity index (χ2n) is 5.71. The van der Waals surface area contributed by atoms with Gasteiger partial charge in [-0.15, -0.1) is 0 Å². The highest BCUT2D eigenvalue weighted by Crippen LogP contribution is 2.15. The third-order valence-corrected chi connectivity index (χ3v) is 4.11. The number of hydrogen-bond acceptors (Lipinski definition) is 6. The molecule has 2 aromatic rings. The van der Waals surface area contributed by atoms with Gasteiger partial charge in [-0.1, -0.05) is 6.07 Å². The summed E-state index contributed by atoms with van der Waals surface area (Å²) in [4.78, 5) is 17.8. The van der Waals surface area contributed by atoms with Crippen LogP contribution in [0.2, 0.25) is 0 Å². The third-order valence-electron chi connectivity index (χ3n) is 4.11. The second kappa shape index (κ2) is 7.87. The van der Waals surface area contributed by atoms with E-state index in [-0.39, 0.29) is 0 Å². The molecular weight excluding hydrogens is 288 g/mol. The van der Waals surface area contributed by atoms with E-state index in [4.69, 9.17) is 0 Å². The Kier molecular flexibility index (Phi) is 5.37. The van der Waals surface area contributed by atoms with Gasteiger partial charge in [-0.05, 0) is 31.0 Å². The van der Waals surface area contributed by atoms with Crippen LogP contribution in [0.5, 0.6) is 0 Å². The van der Waals surface area contributed by atoms with Crippen molar-refractivity contribution in [3.8, 4) is 0 Å². The Morgan fingerprint density at radius 1 is 1.13 bits per heavy atom. The first kappa shape index (κ1) is 15.7. The molecule has 0 unspecified atom stereocenters. The van der Waals surface area contributed by atoms with Gasteiger partial charge >= 0.3 is 0 Å². The van der Waals surface area contributed by atoms with Crippen LogP contribution in [-0.4, -0.2) is 59.1 Å².